The summed E-state index contributed by atoms with van der Waals surface area (Å²) < 4.78 is 26.1. The molecule has 2 N–H and O–H groups in total. The van der Waals surface area contributed by atoms with Gasteiger partial charge in [0.15, 0.2) is 0 Å². The van der Waals surface area contributed by atoms with Crippen LogP contribution in [0.2, 0.25) is 0 Å². The second kappa shape index (κ2) is 6.56. The van der Waals surface area contributed by atoms with Gasteiger partial charge in [-0.2, -0.15) is 0 Å². The third kappa shape index (κ3) is 4.24. The number of benzene rings is 1. The highest BCUT2D eigenvalue weighted by molar-refractivity contribution is 7.93. The van der Waals surface area contributed by atoms with Crippen molar-refractivity contribution in [2.45, 2.75) is 32.4 Å². The van der Waals surface area contributed by atoms with Crippen molar-refractivity contribution < 1.29 is 13.2 Å². The summed E-state index contributed by atoms with van der Waals surface area (Å²) in [6.45, 7) is 5.68. The Morgan fingerprint density at radius 1 is 1.26 bits per heavy atom. The third-order valence-electron chi connectivity index (χ3n) is 2.58. The summed E-state index contributed by atoms with van der Waals surface area (Å²) in [5.74, 6) is -0.274. The number of carbonyl (C=O) groups is 1. The summed E-state index contributed by atoms with van der Waals surface area (Å²) in [7, 11) is -3.46. The van der Waals surface area contributed by atoms with Crippen LogP contribution in [-0.4, -0.2) is 26.1 Å². The normalized spacial score (nSPS) is 11.4. The van der Waals surface area contributed by atoms with Gasteiger partial charge in [-0.15, -0.1) is 0 Å². The maximum Gasteiger partial charge on any atom is 0.253 e. The van der Waals surface area contributed by atoms with Crippen molar-refractivity contribution in [2.24, 2.45) is 0 Å². The number of anilines is 1. The lowest BCUT2D eigenvalue weighted by Crippen LogP contribution is -2.27. The summed E-state index contributed by atoms with van der Waals surface area (Å²) in [6, 6.07) is 6.58. The SMILES string of the molecule is CCCNC(=O)c1ccccc1NS(=O)(=O)C(C)C. The number of hydrogen-bond acceptors (Lipinski definition) is 3. The Bertz CT molecular complexity index is 539. The van der Waals surface area contributed by atoms with E-state index in [1.165, 1.54) is 0 Å². The quantitative estimate of drug-likeness (QED) is 0.838. The zero-order valence-electron chi connectivity index (χ0n) is 11.4. The molecule has 0 saturated carbocycles. The molecule has 5 nitrogen and oxygen atoms in total. The van der Waals surface area contributed by atoms with Crippen LogP contribution in [0.3, 0.4) is 0 Å². The van der Waals surface area contributed by atoms with E-state index in [2.05, 4.69) is 10.0 Å². The summed E-state index contributed by atoms with van der Waals surface area (Å²) in [4.78, 5) is 11.9. The van der Waals surface area contributed by atoms with Gasteiger partial charge in [-0.3, -0.25) is 9.52 Å². The van der Waals surface area contributed by atoms with Gasteiger partial charge in [0.25, 0.3) is 5.91 Å². The molecule has 0 heterocycles. The first-order chi connectivity index (χ1) is 8.88. The summed E-state index contributed by atoms with van der Waals surface area (Å²) >= 11 is 0. The molecule has 0 unspecified atom stereocenters. The fourth-order valence-electron chi connectivity index (χ4n) is 1.37. The van der Waals surface area contributed by atoms with E-state index in [1.54, 1.807) is 38.1 Å². The first-order valence-corrected chi connectivity index (χ1v) is 7.82. The summed E-state index contributed by atoms with van der Waals surface area (Å²) in [5, 5.41) is 2.17. The number of rotatable bonds is 6. The maximum absolute atomic E-state index is 11.9. The second-order valence-electron chi connectivity index (χ2n) is 4.50. The van der Waals surface area contributed by atoms with Crippen LogP contribution in [0.15, 0.2) is 24.3 Å². The van der Waals surface area contributed by atoms with E-state index in [4.69, 9.17) is 0 Å². The first kappa shape index (κ1) is 15.5. The molecule has 0 fully saturated rings. The molecule has 0 aromatic heterocycles. The molecule has 0 aliphatic rings. The Hall–Kier alpha value is -1.56. The topological polar surface area (TPSA) is 75.3 Å². The van der Waals surface area contributed by atoms with E-state index in [9.17, 15) is 13.2 Å². The van der Waals surface area contributed by atoms with Crippen LogP contribution < -0.4 is 10.0 Å². The molecule has 0 saturated heterocycles. The lowest BCUT2D eigenvalue weighted by Gasteiger charge is -2.14. The average molecular weight is 284 g/mol. The Morgan fingerprint density at radius 2 is 1.89 bits per heavy atom. The molecule has 0 spiro atoms. The number of sulfonamides is 1. The highest BCUT2D eigenvalue weighted by atomic mass is 32.2. The molecule has 0 radical (unpaired) electrons. The molecule has 0 aliphatic carbocycles. The molecule has 0 bridgehead atoms. The standard InChI is InChI=1S/C13H20N2O3S/c1-4-9-14-13(16)11-7-5-6-8-12(11)15-19(17,18)10(2)3/h5-8,10,15H,4,9H2,1-3H3,(H,14,16). The fourth-order valence-corrected chi connectivity index (χ4v) is 2.10. The molecular formula is C13H20N2O3S. The minimum absolute atomic E-state index is 0.274. The van der Waals surface area contributed by atoms with Gasteiger partial charge >= 0.3 is 0 Å². The monoisotopic (exact) mass is 284 g/mol. The predicted octanol–water partition coefficient (Wildman–Crippen LogP) is 1.98. The Kier molecular flexibility index (Phi) is 5.35. The van der Waals surface area contributed by atoms with Crippen LogP contribution in [0.4, 0.5) is 5.69 Å². The molecule has 106 valence electrons. The number of para-hydroxylation sites is 1. The van der Waals surface area contributed by atoms with Gasteiger partial charge in [0.1, 0.15) is 0 Å². The molecule has 1 amide bonds. The van der Waals surface area contributed by atoms with Crippen LogP contribution in [0.5, 0.6) is 0 Å². The Morgan fingerprint density at radius 3 is 2.47 bits per heavy atom. The minimum atomic E-state index is -3.46. The van der Waals surface area contributed by atoms with Gasteiger partial charge in [0, 0.05) is 6.54 Å². The minimum Gasteiger partial charge on any atom is -0.352 e. The van der Waals surface area contributed by atoms with E-state index >= 15 is 0 Å². The van der Waals surface area contributed by atoms with Crippen LogP contribution in [0.1, 0.15) is 37.6 Å². The zero-order valence-corrected chi connectivity index (χ0v) is 12.3. The Balaban J connectivity index is 3.00. The third-order valence-corrected chi connectivity index (χ3v) is 4.33. The van der Waals surface area contributed by atoms with Crippen LogP contribution in [0, 0.1) is 0 Å². The number of hydrogen-bond donors (Lipinski definition) is 2. The van der Waals surface area contributed by atoms with Crippen LogP contribution in [0.25, 0.3) is 0 Å². The van der Waals surface area contributed by atoms with Crippen LogP contribution >= 0.6 is 0 Å². The molecule has 1 aromatic carbocycles. The summed E-state index contributed by atoms with van der Waals surface area (Å²) in [5.41, 5.74) is 0.643. The Labute approximate surface area is 114 Å². The number of nitrogens with one attached hydrogen (secondary N) is 2. The van der Waals surface area contributed by atoms with E-state index in [0.29, 0.717) is 17.8 Å². The lowest BCUT2D eigenvalue weighted by molar-refractivity contribution is 0.0954. The van der Waals surface area contributed by atoms with E-state index < -0.39 is 15.3 Å². The van der Waals surface area contributed by atoms with Gasteiger partial charge < -0.3 is 5.32 Å². The van der Waals surface area contributed by atoms with Crippen LogP contribution in [-0.2, 0) is 10.0 Å². The van der Waals surface area contributed by atoms with E-state index in [0.717, 1.165) is 6.42 Å². The molecule has 1 rings (SSSR count). The largest absolute Gasteiger partial charge is 0.352 e. The fraction of sp³-hybridized carbons (Fsp3) is 0.462. The average Bonchev–Trinajstić information content (AvgIpc) is 2.36. The lowest BCUT2D eigenvalue weighted by atomic mass is 10.1. The van der Waals surface area contributed by atoms with E-state index in [-0.39, 0.29) is 5.91 Å². The van der Waals surface area contributed by atoms with E-state index in [1.807, 2.05) is 6.92 Å². The van der Waals surface area contributed by atoms with Gasteiger partial charge in [0.2, 0.25) is 10.0 Å². The highest BCUT2D eigenvalue weighted by Gasteiger charge is 2.19. The van der Waals surface area contributed by atoms with Crippen molar-refractivity contribution in [3.63, 3.8) is 0 Å². The second-order valence-corrected chi connectivity index (χ2v) is 6.73. The first-order valence-electron chi connectivity index (χ1n) is 6.27. The maximum atomic E-state index is 11.9. The van der Waals surface area contributed by atoms with Crippen molar-refractivity contribution >= 4 is 21.6 Å². The van der Waals surface area contributed by atoms with Crippen molar-refractivity contribution in [1.82, 2.24) is 5.32 Å². The number of amides is 1. The van der Waals surface area contributed by atoms with Gasteiger partial charge in [0.05, 0.1) is 16.5 Å². The molecular weight excluding hydrogens is 264 g/mol. The van der Waals surface area contributed by atoms with Crippen molar-refractivity contribution in [1.29, 1.82) is 0 Å². The zero-order chi connectivity index (χ0) is 14.5. The smallest absolute Gasteiger partial charge is 0.253 e. The van der Waals surface area contributed by atoms with Gasteiger partial charge in [-0.25, -0.2) is 8.42 Å². The van der Waals surface area contributed by atoms with Crippen molar-refractivity contribution in [2.75, 3.05) is 11.3 Å². The highest BCUT2D eigenvalue weighted by Crippen LogP contribution is 2.18. The van der Waals surface area contributed by atoms with Crippen molar-refractivity contribution in [3.8, 4) is 0 Å². The molecule has 0 atom stereocenters. The van der Waals surface area contributed by atoms with Gasteiger partial charge in [-0.05, 0) is 32.4 Å². The molecule has 6 heteroatoms. The van der Waals surface area contributed by atoms with Crippen molar-refractivity contribution in [3.05, 3.63) is 29.8 Å². The predicted molar refractivity (Wildman–Crippen MR) is 76.7 cm³/mol. The molecule has 19 heavy (non-hydrogen) atoms. The molecule has 1 aromatic rings. The van der Waals surface area contributed by atoms with Gasteiger partial charge in [-0.1, -0.05) is 19.1 Å². The summed E-state index contributed by atoms with van der Waals surface area (Å²) in [6.07, 6.45) is 0.825. The number of carbonyl (C=O) groups excluding carboxylic acids is 1. The molecule has 0 aliphatic heterocycles.